The van der Waals surface area contributed by atoms with Crippen molar-refractivity contribution in [3.8, 4) is 0 Å². The molecule has 1 aliphatic rings. The Balaban J connectivity index is 2.00. The van der Waals surface area contributed by atoms with Crippen LogP contribution in [-0.4, -0.2) is 6.21 Å². The summed E-state index contributed by atoms with van der Waals surface area (Å²) in [4.78, 5) is 4.55. The molecule has 1 aromatic carbocycles. The summed E-state index contributed by atoms with van der Waals surface area (Å²) in [5.41, 5.74) is 1.26. The SMILES string of the molecule is C[C@@H](N=CC1C=CC=C1)c1ccccc1. The van der Waals surface area contributed by atoms with Gasteiger partial charge in [0.1, 0.15) is 0 Å². The van der Waals surface area contributed by atoms with Gasteiger partial charge < -0.3 is 0 Å². The summed E-state index contributed by atoms with van der Waals surface area (Å²) in [5, 5.41) is 0. The minimum Gasteiger partial charge on any atom is -0.289 e. The molecule has 1 aliphatic carbocycles. The molecule has 0 radical (unpaired) electrons. The van der Waals surface area contributed by atoms with Gasteiger partial charge in [0.15, 0.2) is 0 Å². The van der Waals surface area contributed by atoms with Crippen LogP contribution in [0.3, 0.4) is 0 Å². The molecule has 15 heavy (non-hydrogen) atoms. The van der Waals surface area contributed by atoms with Crippen LogP contribution in [0.2, 0.25) is 0 Å². The summed E-state index contributed by atoms with van der Waals surface area (Å²) in [6.45, 7) is 2.12. The largest absolute Gasteiger partial charge is 0.289 e. The van der Waals surface area contributed by atoms with Crippen LogP contribution in [0.5, 0.6) is 0 Å². The van der Waals surface area contributed by atoms with Gasteiger partial charge in [-0.25, -0.2) is 0 Å². The number of aliphatic imine (C=N–C) groups is 1. The van der Waals surface area contributed by atoms with Crippen molar-refractivity contribution in [2.24, 2.45) is 10.9 Å². The highest BCUT2D eigenvalue weighted by atomic mass is 14.8. The van der Waals surface area contributed by atoms with Gasteiger partial charge in [0, 0.05) is 12.1 Å². The van der Waals surface area contributed by atoms with Gasteiger partial charge in [-0.2, -0.15) is 0 Å². The van der Waals surface area contributed by atoms with E-state index in [-0.39, 0.29) is 6.04 Å². The number of hydrogen-bond acceptors (Lipinski definition) is 1. The van der Waals surface area contributed by atoms with E-state index >= 15 is 0 Å². The smallest absolute Gasteiger partial charge is 0.0717 e. The van der Waals surface area contributed by atoms with Crippen molar-refractivity contribution in [3.05, 3.63) is 60.2 Å². The van der Waals surface area contributed by atoms with Crippen LogP contribution in [-0.2, 0) is 0 Å². The Hall–Kier alpha value is -1.63. The van der Waals surface area contributed by atoms with E-state index in [9.17, 15) is 0 Å². The Morgan fingerprint density at radius 2 is 1.80 bits per heavy atom. The Morgan fingerprint density at radius 3 is 2.47 bits per heavy atom. The summed E-state index contributed by atoms with van der Waals surface area (Å²) < 4.78 is 0. The second-order valence-electron chi connectivity index (χ2n) is 3.73. The van der Waals surface area contributed by atoms with Crippen molar-refractivity contribution in [1.29, 1.82) is 0 Å². The van der Waals surface area contributed by atoms with Gasteiger partial charge in [-0.15, -0.1) is 0 Å². The molecule has 1 nitrogen and oxygen atoms in total. The lowest BCUT2D eigenvalue weighted by Gasteiger charge is -2.06. The average Bonchev–Trinajstić information content (AvgIpc) is 2.80. The fourth-order valence-electron chi connectivity index (χ4n) is 1.59. The Bertz CT molecular complexity index is 375. The van der Waals surface area contributed by atoms with Gasteiger partial charge >= 0.3 is 0 Å². The monoisotopic (exact) mass is 197 g/mol. The highest BCUT2D eigenvalue weighted by Crippen LogP contribution is 2.16. The van der Waals surface area contributed by atoms with Gasteiger partial charge in [0.2, 0.25) is 0 Å². The summed E-state index contributed by atoms with van der Waals surface area (Å²) in [5.74, 6) is 0.385. The maximum atomic E-state index is 4.55. The fourth-order valence-corrected chi connectivity index (χ4v) is 1.59. The highest BCUT2D eigenvalue weighted by molar-refractivity contribution is 5.67. The summed E-state index contributed by atoms with van der Waals surface area (Å²) in [6.07, 6.45) is 10.4. The summed E-state index contributed by atoms with van der Waals surface area (Å²) >= 11 is 0. The number of nitrogens with zero attached hydrogens (tertiary/aromatic N) is 1. The molecule has 1 atom stereocenters. The van der Waals surface area contributed by atoms with Crippen molar-refractivity contribution in [1.82, 2.24) is 0 Å². The molecule has 76 valence electrons. The van der Waals surface area contributed by atoms with Crippen molar-refractivity contribution in [2.75, 3.05) is 0 Å². The van der Waals surface area contributed by atoms with Crippen LogP contribution in [0.25, 0.3) is 0 Å². The topological polar surface area (TPSA) is 12.4 Å². The Kier molecular flexibility index (Phi) is 3.13. The van der Waals surface area contributed by atoms with Gasteiger partial charge in [-0.05, 0) is 12.5 Å². The first kappa shape index (κ1) is 9.91. The van der Waals surface area contributed by atoms with Gasteiger partial charge in [0.25, 0.3) is 0 Å². The zero-order valence-corrected chi connectivity index (χ0v) is 8.88. The number of allylic oxidation sites excluding steroid dienone is 4. The third kappa shape index (κ3) is 2.66. The molecule has 0 saturated heterocycles. The van der Waals surface area contributed by atoms with Gasteiger partial charge in [0.05, 0.1) is 6.04 Å². The molecule has 0 N–H and O–H groups in total. The first-order valence-corrected chi connectivity index (χ1v) is 5.29. The van der Waals surface area contributed by atoms with Crippen LogP contribution in [0.15, 0.2) is 59.6 Å². The third-order valence-corrected chi connectivity index (χ3v) is 2.54. The quantitative estimate of drug-likeness (QED) is 0.657. The van der Waals surface area contributed by atoms with Crippen LogP contribution in [0.4, 0.5) is 0 Å². The number of hydrogen-bond donors (Lipinski definition) is 0. The van der Waals surface area contributed by atoms with E-state index in [2.05, 4.69) is 60.5 Å². The molecule has 0 saturated carbocycles. The lowest BCUT2D eigenvalue weighted by atomic mass is 10.1. The van der Waals surface area contributed by atoms with Crippen LogP contribution >= 0.6 is 0 Å². The fraction of sp³-hybridized carbons (Fsp3) is 0.214. The third-order valence-electron chi connectivity index (χ3n) is 2.54. The van der Waals surface area contributed by atoms with Crippen LogP contribution in [0.1, 0.15) is 18.5 Å². The van der Waals surface area contributed by atoms with E-state index in [1.807, 2.05) is 12.3 Å². The standard InChI is InChI=1S/C14H15N/c1-12(14-9-3-2-4-10-14)15-11-13-7-5-6-8-13/h2-13H,1H3/t12-/m1/s1. The molecule has 0 aromatic heterocycles. The molecule has 0 fully saturated rings. The highest BCUT2D eigenvalue weighted by Gasteiger charge is 2.03. The van der Waals surface area contributed by atoms with Crippen LogP contribution in [0, 0.1) is 5.92 Å². The van der Waals surface area contributed by atoms with Crippen molar-refractivity contribution < 1.29 is 0 Å². The van der Waals surface area contributed by atoms with Crippen LogP contribution < -0.4 is 0 Å². The molecular formula is C14H15N. The van der Waals surface area contributed by atoms with Gasteiger partial charge in [-0.1, -0.05) is 54.6 Å². The summed E-state index contributed by atoms with van der Waals surface area (Å²) in [6, 6.07) is 10.6. The molecule has 1 heteroatoms. The molecular weight excluding hydrogens is 182 g/mol. The lowest BCUT2D eigenvalue weighted by Crippen LogP contribution is -1.94. The van der Waals surface area contributed by atoms with E-state index < -0.39 is 0 Å². The second-order valence-corrected chi connectivity index (χ2v) is 3.73. The van der Waals surface area contributed by atoms with Gasteiger partial charge in [-0.3, -0.25) is 4.99 Å². The van der Waals surface area contributed by atoms with Crippen molar-refractivity contribution in [3.63, 3.8) is 0 Å². The van der Waals surface area contributed by atoms with E-state index in [1.54, 1.807) is 0 Å². The maximum absolute atomic E-state index is 4.55. The number of benzene rings is 1. The maximum Gasteiger partial charge on any atom is 0.0717 e. The molecule has 0 bridgehead atoms. The Morgan fingerprint density at radius 1 is 1.13 bits per heavy atom. The zero-order valence-electron chi connectivity index (χ0n) is 8.88. The normalized spacial score (nSPS) is 17.7. The van der Waals surface area contributed by atoms with Crippen molar-refractivity contribution in [2.45, 2.75) is 13.0 Å². The first-order valence-electron chi connectivity index (χ1n) is 5.29. The van der Waals surface area contributed by atoms with E-state index in [4.69, 9.17) is 0 Å². The minimum absolute atomic E-state index is 0.244. The molecule has 0 heterocycles. The van der Waals surface area contributed by atoms with E-state index in [0.29, 0.717) is 5.92 Å². The first-order chi connectivity index (χ1) is 7.36. The van der Waals surface area contributed by atoms with E-state index in [1.165, 1.54) is 5.56 Å². The molecule has 0 aliphatic heterocycles. The molecule has 0 amide bonds. The predicted octanol–water partition coefficient (Wildman–Crippen LogP) is 3.56. The van der Waals surface area contributed by atoms with Crippen molar-refractivity contribution >= 4 is 6.21 Å². The molecule has 0 unspecified atom stereocenters. The second kappa shape index (κ2) is 4.74. The zero-order chi connectivity index (χ0) is 10.5. The van der Waals surface area contributed by atoms with E-state index in [0.717, 1.165) is 0 Å². The predicted molar refractivity (Wildman–Crippen MR) is 65.1 cm³/mol. The average molecular weight is 197 g/mol. The Labute approximate surface area is 90.9 Å². The summed E-state index contributed by atoms with van der Waals surface area (Å²) in [7, 11) is 0. The lowest BCUT2D eigenvalue weighted by molar-refractivity contribution is 0.818. The minimum atomic E-state index is 0.244. The number of rotatable bonds is 3. The molecule has 2 rings (SSSR count). The molecule has 0 spiro atoms. The molecule has 1 aromatic rings.